The number of rotatable bonds is 4. The number of carbonyl (C=O) groups is 1. The van der Waals surface area contributed by atoms with E-state index in [0.717, 1.165) is 18.9 Å². The van der Waals surface area contributed by atoms with Gasteiger partial charge in [0.15, 0.2) is 0 Å². The van der Waals surface area contributed by atoms with Crippen LogP contribution >= 0.6 is 0 Å². The molecule has 2 aromatic rings. The summed E-state index contributed by atoms with van der Waals surface area (Å²) in [6.45, 7) is 2.63. The maximum absolute atomic E-state index is 13.5. The molecule has 30 heavy (non-hydrogen) atoms. The minimum atomic E-state index is -1.78. The topological polar surface area (TPSA) is 46.5 Å². The molecule has 0 amide bonds. The summed E-state index contributed by atoms with van der Waals surface area (Å²) >= 11 is 0. The van der Waals surface area contributed by atoms with Gasteiger partial charge in [-0.05, 0) is 17.5 Å². The lowest BCUT2D eigenvalue weighted by Gasteiger charge is -2.71. The molecule has 4 unspecified atom stereocenters. The van der Waals surface area contributed by atoms with Crippen molar-refractivity contribution < 1.29 is 19.1 Å². The number of carbonyl (C=O) groups excluding carboxylic acids is 1. The molecule has 2 aliphatic heterocycles. The largest absolute Gasteiger partial charge is 0.459 e. The van der Waals surface area contributed by atoms with Crippen molar-refractivity contribution in [3.63, 3.8) is 0 Å². The van der Waals surface area contributed by atoms with Gasteiger partial charge >= 0.3 is 5.97 Å². The second-order valence-electron chi connectivity index (χ2n) is 9.97. The average Bonchev–Trinajstić information content (AvgIpc) is 3.40. The number of piperidine rings is 1. The molecule has 4 aliphatic rings. The third kappa shape index (κ3) is 2.27. The normalized spacial score (nSPS) is 33.3. The molecule has 0 aromatic heterocycles. The molecule has 2 aromatic carbocycles. The molecule has 0 bridgehead atoms. The molecule has 2 saturated carbocycles. The SMILES string of the molecule is O=C(OC1CC2C3(CCC3[N+]23CCCC3)C1)C(O)(c1ccccc1)c1ccccc1. The standard InChI is InChI=1S/C26H30NO3/c28-24(26(29,19-9-3-1-4-10-19)20-11-5-2-6-12-20)30-21-17-23-25(18-21)14-13-22(25)27(23)15-7-8-16-27/h1-6,9-12,21-23,29H,7-8,13-18H2/q+1. The van der Waals surface area contributed by atoms with E-state index in [2.05, 4.69) is 0 Å². The van der Waals surface area contributed by atoms with Gasteiger partial charge in [-0.25, -0.2) is 4.79 Å². The number of fused-ring (bicyclic) bond motifs is 2. The van der Waals surface area contributed by atoms with Crippen LogP contribution in [0.5, 0.6) is 0 Å². The molecule has 0 radical (unpaired) electrons. The van der Waals surface area contributed by atoms with E-state index in [4.69, 9.17) is 4.74 Å². The highest BCUT2D eigenvalue weighted by molar-refractivity contribution is 5.85. The van der Waals surface area contributed by atoms with Crippen LogP contribution in [0.3, 0.4) is 0 Å². The molecule has 2 heterocycles. The van der Waals surface area contributed by atoms with Crippen LogP contribution in [-0.2, 0) is 15.1 Å². The fourth-order valence-electron chi connectivity index (χ4n) is 7.66. The maximum Gasteiger partial charge on any atom is 0.347 e. The van der Waals surface area contributed by atoms with Gasteiger partial charge in [0.2, 0.25) is 5.60 Å². The summed E-state index contributed by atoms with van der Waals surface area (Å²) in [5.41, 5.74) is -0.247. The van der Waals surface area contributed by atoms with Gasteiger partial charge in [-0.2, -0.15) is 0 Å². The van der Waals surface area contributed by atoms with Crippen LogP contribution in [-0.4, -0.2) is 46.8 Å². The monoisotopic (exact) mass is 404 g/mol. The summed E-state index contributed by atoms with van der Waals surface area (Å²) in [7, 11) is 0. The number of hydrogen-bond acceptors (Lipinski definition) is 3. The van der Waals surface area contributed by atoms with Crippen molar-refractivity contribution in [1.29, 1.82) is 0 Å². The zero-order chi connectivity index (χ0) is 20.4. The number of hydrogen-bond donors (Lipinski definition) is 1. The van der Waals surface area contributed by atoms with Crippen LogP contribution in [0.2, 0.25) is 0 Å². The van der Waals surface area contributed by atoms with Crippen LogP contribution < -0.4 is 0 Å². The Morgan fingerprint density at radius 3 is 2.10 bits per heavy atom. The highest BCUT2D eigenvalue weighted by atomic mass is 16.6. The maximum atomic E-state index is 13.5. The fraction of sp³-hybridized carbons (Fsp3) is 0.500. The Balaban J connectivity index is 1.28. The predicted molar refractivity (Wildman–Crippen MR) is 113 cm³/mol. The first-order valence-corrected chi connectivity index (χ1v) is 11.5. The van der Waals surface area contributed by atoms with Crippen molar-refractivity contribution in [2.45, 2.75) is 62.3 Å². The van der Waals surface area contributed by atoms with Crippen LogP contribution in [0.4, 0.5) is 0 Å². The van der Waals surface area contributed by atoms with E-state index >= 15 is 0 Å². The van der Waals surface area contributed by atoms with Gasteiger partial charge in [-0.1, -0.05) is 60.7 Å². The van der Waals surface area contributed by atoms with Crippen LogP contribution in [0, 0.1) is 5.41 Å². The smallest absolute Gasteiger partial charge is 0.347 e. The summed E-state index contributed by atoms with van der Waals surface area (Å²) in [4.78, 5) is 13.5. The summed E-state index contributed by atoms with van der Waals surface area (Å²) < 4.78 is 7.42. The first-order chi connectivity index (χ1) is 14.6. The minimum absolute atomic E-state index is 0.0812. The third-order valence-corrected chi connectivity index (χ3v) is 8.90. The zero-order valence-electron chi connectivity index (χ0n) is 17.4. The third-order valence-electron chi connectivity index (χ3n) is 8.90. The summed E-state index contributed by atoms with van der Waals surface area (Å²) in [5.74, 6) is -0.536. The molecule has 4 atom stereocenters. The number of nitrogens with zero attached hydrogens (tertiary/aromatic N) is 1. The zero-order valence-corrected chi connectivity index (χ0v) is 17.4. The first kappa shape index (κ1) is 18.6. The second kappa shape index (κ2) is 6.41. The molecule has 4 heteroatoms. The Hall–Kier alpha value is -2.17. The van der Waals surface area contributed by atoms with Crippen LogP contribution in [0.1, 0.15) is 49.7 Å². The first-order valence-electron chi connectivity index (χ1n) is 11.5. The van der Waals surface area contributed by atoms with E-state index in [0.29, 0.717) is 22.6 Å². The molecular formula is C26H30NO3+. The van der Waals surface area contributed by atoms with Crippen molar-refractivity contribution in [2.75, 3.05) is 13.1 Å². The molecule has 2 saturated heterocycles. The fourth-order valence-corrected chi connectivity index (χ4v) is 7.66. The van der Waals surface area contributed by atoms with Crippen molar-refractivity contribution in [3.8, 4) is 0 Å². The Bertz CT molecular complexity index is 913. The number of aliphatic hydroxyl groups is 1. The molecule has 2 aliphatic carbocycles. The average molecular weight is 405 g/mol. The van der Waals surface area contributed by atoms with Gasteiger partial charge in [0, 0.05) is 32.1 Å². The lowest BCUT2D eigenvalue weighted by atomic mass is 9.51. The molecule has 4 fully saturated rings. The quantitative estimate of drug-likeness (QED) is 0.623. The Morgan fingerprint density at radius 2 is 1.57 bits per heavy atom. The lowest BCUT2D eigenvalue weighted by Crippen LogP contribution is -2.84. The highest BCUT2D eigenvalue weighted by Crippen LogP contribution is 2.70. The molecule has 4 nitrogen and oxygen atoms in total. The Labute approximate surface area is 178 Å². The number of quaternary nitrogens is 1. The minimum Gasteiger partial charge on any atom is -0.459 e. The van der Waals surface area contributed by atoms with E-state index in [9.17, 15) is 9.90 Å². The van der Waals surface area contributed by atoms with Gasteiger partial charge in [-0.3, -0.25) is 0 Å². The Morgan fingerprint density at radius 1 is 0.967 bits per heavy atom. The van der Waals surface area contributed by atoms with Gasteiger partial charge in [0.05, 0.1) is 18.5 Å². The van der Waals surface area contributed by atoms with Crippen LogP contribution in [0.15, 0.2) is 60.7 Å². The second-order valence-corrected chi connectivity index (χ2v) is 9.97. The van der Waals surface area contributed by atoms with Crippen molar-refractivity contribution >= 4 is 5.97 Å². The van der Waals surface area contributed by atoms with Gasteiger partial charge in [0.1, 0.15) is 18.2 Å². The van der Waals surface area contributed by atoms with Gasteiger partial charge < -0.3 is 14.3 Å². The predicted octanol–water partition coefficient (Wildman–Crippen LogP) is 3.77. The molecule has 2 spiro atoms. The summed E-state index contributed by atoms with van der Waals surface area (Å²) in [5, 5.41) is 11.7. The number of esters is 1. The van der Waals surface area contributed by atoms with Crippen LogP contribution in [0.25, 0.3) is 0 Å². The molecular weight excluding hydrogens is 374 g/mol. The molecule has 1 N–H and O–H groups in total. The van der Waals surface area contributed by atoms with E-state index in [-0.39, 0.29) is 6.10 Å². The van der Waals surface area contributed by atoms with E-state index < -0.39 is 11.6 Å². The Kier molecular flexibility index (Phi) is 3.97. The van der Waals surface area contributed by atoms with Gasteiger partial charge in [-0.15, -0.1) is 0 Å². The van der Waals surface area contributed by atoms with Crippen molar-refractivity contribution in [3.05, 3.63) is 71.8 Å². The van der Waals surface area contributed by atoms with E-state index in [1.165, 1.54) is 43.3 Å². The summed E-state index contributed by atoms with van der Waals surface area (Å²) in [6.07, 6.45) is 7.18. The van der Waals surface area contributed by atoms with Gasteiger partial charge in [0.25, 0.3) is 0 Å². The lowest BCUT2D eigenvalue weighted by molar-refractivity contribution is -1.04. The van der Waals surface area contributed by atoms with E-state index in [1.54, 1.807) is 24.3 Å². The van der Waals surface area contributed by atoms with Crippen molar-refractivity contribution in [2.24, 2.45) is 5.41 Å². The molecule has 156 valence electrons. The van der Waals surface area contributed by atoms with E-state index in [1.807, 2.05) is 36.4 Å². The molecule has 6 rings (SSSR count). The van der Waals surface area contributed by atoms with Crippen molar-refractivity contribution in [1.82, 2.24) is 0 Å². The summed E-state index contributed by atoms with van der Waals surface area (Å²) in [6, 6.07) is 19.9. The highest BCUT2D eigenvalue weighted by Gasteiger charge is 2.80. The number of ether oxygens (including phenoxy) is 1. The number of benzene rings is 2.